The summed E-state index contributed by atoms with van der Waals surface area (Å²) in [6.07, 6.45) is 0. The maximum Gasteiger partial charge on any atom is 0.138 e. The molecule has 0 bridgehead atoms. The van der Waals surface area contributed by atoms with Gasteiger partial charge in [-0.15, -0.1) is 0 Å². The Morgan fingerprint density at radius 1 is 0.897 bits per heavy atom. The molecule has 2 heterocycles. The van der Waals surface area contributed by atoms with Crippen LogP contribution in [0.3, 0.4) is 0 Å². The van der Waals surface area contributed by atoms with Gasteiger partial charge in [-0.3, -0.25) is 0 Å². The zero-order valence-corrected chi connectivity index (χ0v) is 17.3. The van der Waals surface area contributed by atoms with E-state index in [1.165, 1.54) is 5.69 Å². The Kier molecular flexibility index (Phi) is 5.62. The average Bonchev–Trinajstić information content (AvgIpc) is 2.75. The number of anilines is 5. The molecule has 1 aliphatic rings. The molecule has 3 aromatic rings. The maximum atomic E-state index is 4.60. The lowest BCUT2D eigenvalue weighted by Crippen LogP contribution is -2.44. The normalized spacial score (nSPS) is 14.7. The van der Waals surface area contributed by atoms with Gasteiger partial charge in [0.2, 0.25) is 0 Å². The zero-order chi connectivity index (χ0) is 20.2. The van der Waals surface area contributed by atoms with Gasteiger partial charge in [0.1, 0.15) is 17.5 Å². The molecular weight excluding hydrogens is 360 g/mol. The minimum absolute atomic E-state index is 0.738. The fraction of sp³-hybridized carbons (Fsp3) is 0.304. The molecule has 1 aliphatic heterocycles. The molecule has 6 heteroatoms. The van der Waals surface area contributed by atoms with E-state index in [1.54, 1.807) is 0 Å². The summed E-state index contributed by atoms with van der Waals surface area (Å²) in [6.45, 7) is 6.28. The van der Waals surface area contributed by atoms with Gasteiger partial charge in [-0.05, 0) is 50.4 Å². The summed E-state index contributed by atoms with van der Waals surface area (Å²) in [6, 6.07) is 20.8. The van der Waals surface area contributed by atoms with Gasteiger partial charge < -0.3 is 20.0 Å². The first-order chi connectivity index (χ1) is 14.1. The summed E-state index contributed by atoms with van der Waals surface area (Å²) < 4.78 is 0. The molecule has 1 saturated heterocycles. The first kappa shape index (κ1) is 19.2. The van der Waals surface area contributed by atoms with Crippen molar-refractivity contribution in [3.05, 3.63) is 66.5 Å². The minimum atomic E-state index is 0.738. The average molecular weight is 389 g/mol. The number of para-hydroxylation sites is 1. The Labute approximate surface area is 172 Å². The number of hydrogen-bond acceptors (Lipinski definition) is 6. The van der Waals surface area contributed by atoms with E-state index in [1.807, 2.05) is 38.2 Å². The van der Waals surface area contributed by atoms with Crippen LogP contribution in [0.2, 0.25) is 0 Å². The molecule has 29 heavy (non-hydrogen) atoms. The van der Waals surface area contributed by atoms with Gasteiger partial charge in [0.25, 0.3) is 0 Å². The molecule has 0 saturated carbocycles. The standard InChI is InChI=1S/C23H28N6/c1-18-24-22(17-23(25-18)28(3)20-7-5-4-6-8-20)26-19-9-11-21(12-10-19)29-15-13-27(2)14-16-29/h4-12,17H,13-16H2,1-3H3,(H,24,25,26). The molecule has 0 amide bonds. The summed E-state index contributed by atoms with van der Waals surface area (Å²) in [5.74, 6) is 2.39. The van der Waals surface area contributed by atoms with Crippen molar-refractivity contribution in [3.63, 3.8) is 0 Å². The second-order valence-corrected chi connectivity index (χ2v) is 7.52. The van der Waals surface area contributed by atoms with Crippen LogP contribution in [0.4, 0.5) is 28.7 Å². The van der Waals surface area contributed by atoms with Crippen LogP contribution in [0.5, 0.6) is 0 Å². The van der Waals surface area contributed by atoms with Crippen molar-refractivity contribution >= 4 is 28.7 Å². The molecule has 0 atom stereocenters. The Bertz CT molecular complexity index is 933. The van der Waals surface area contributed by atoms with E-state index in [0.29, 0.717) is 0 Å². The van der Waals surface area contributed by atoms with Crippen molar-refractivity contribution < 1.29 is 0 Å². The van der Waals surface area contributed by atoms with E-state index in [4.69, 9.17) is 0 Å². The van der Waals surface area contributed by atoms with Crippen LogP contribution in [-0.4, -0.2) is 55.1 Å². The van der Waals surface area contributed by atoms with Crippen LogP contribution in [0.15, 0.2) is 60.7 Å². The third kappa shape index (κ3) is 4.66. The molecule has 4 rings (SSSR count). The molecule has 1 N–H and O–H groups in total. The number of nitrogens with zero attached hydrogens (tertiary/aromatic N) is 5. The van der Waals surface area contributed by atoms with Gasteiger partial charge in [-0.2, -0.15) is 0 Å². The molecule has 0 aliphatic carbocycles. The molecule has 6 nitrogen and oxygen atoms in total. The van der Waals surface area contributed by atoms with Crippen molar-refractivity contribution in [1.29, 1.82) is 0 Å². The highest BCUT2D eigenvalue weighted by molar-refractivity contribution is 5.66. The highest BCUT2D eigenvalue weighted by Gasteiger charge is 2.14. The first-order valence-corrected chi connectivity index (χ1v) is 10.0. The third-order valence-corrected chi connectivity index (χ3v) is 5.32. The van der Waals surface area contributed by atoms with Crippen LogP contribution in [0.1, 0.15) is 5.82 Å². The molecule has 0 radical (unpaired) electrons. The molecule has 150 valence electrons. The van der Waals surface area contributed by atoms with Gasteiger partial charge in [0.15, 0.2) is 0 Å². The fourth-order valence-electron chi connectivity index (χ4n) is 3.54. The number of nitrogens with one attached hydrogen (secondary N) is 1. The van der Waals surface area contributed by atoms with Gasteiger partial charge in [-0.25, -0.2) is 9.97 Å². The van der Waals surface area contributed by atoms with E-state index in [9.17, 15) is 0 Å². The number of hydrogen-bond donors (Lipinski definition) is 1. The molecule has 1 aromatic heterocycles. The lowest BCUT2D eigenvalue weighted by atomic mass is 10.2. The van der Waals surface area contributed by atoms with E-state index in [2.05, 4.69) is 73.4 Å². The summed E-state index contributed by atoms with van der Waals surface area (Å²) in [5.41, 5.74) is 3.38. The van der Waals surface area contributed by atoms with E-state index in [0.717, 1.165) is 55.0 Å². The Morgan fingerprint density at radius 2 is 1.59 bits per heavy atom. The summed E-state index contributed by atoms with van der Waals surface area (Å²) in [7, 11) is 4.20. The largest absolute Gasteiger partial charge is 0.369 e. The predicted molar refractivity (Wildman–Crippen MR) is 121 cm³/mol. The topological polar surface area (TPSA) is 47.5 Å². The van der Waals surface area contributed by atoms with Crippen molar-refractivity contribution in [2.24, 2.45) is 0 Å². The Hall–Kier alpha value is -3.12. The van der Waals surface area contributed by atoms with Crippen LogP contribution in [-0.2, 0) is 0 Å². The van der Waals surface area contributed by atoms with Gasteiger partial charge in [-0.1, -0.05) is 18.2 Å². The fourth-order valence-corrected chi connectivity index (χ4v) is 3.54. The number of piperazine rings is 1. The molecular formula is C23H28N6. The lowest BCUT2D eigenvalue weighted by molar-refractivity contribution is 0.313. The third-order valence-electron chi connectivity index (χ3n) is 5.32. The van der Waals surface area contributed by atoms with Crippen molar-refractivity contribution in [2.45, 2.75) is 6.92 Å². The Balaban J connectivity index is 1.48. The van der Waals surface area contributed by atoms with E-state index < -0.39 is 0 Å². The molecule has 0 unspecified atom stereocenters. The predicted octanol–water partition coefficient (Wildman–Crippen LogP) is 4.05. The SMILES string of the molecule is Cc1nc(Nc2ccc(N3CCN(C)CC3)cc2)cc(N(C)c2ccccc2)n1. The number of rotatable bonds is 5. The lowest BCUT2D eigenvalue weighted by Gasteiger charge is -2.34. The monoisotopic (exact) mass is 388 g/mol. The molecule has 0 spiro atoms. The second kappa shape index (κ2) is 8.49. The Morgan fingerprint density at radius 3 is 2.28 bits per heavy atom. The highest BCUT2D eigenvalue weighted by atomic mass is 15.2. The summed E-state index contributed by atoms with van der Waals surface area (Å²) in [5, 5.41) is 3.42. The first-order valence-electron chi connectivity index (χ1n) is 10.0. The van der Waals surface area contributed by atoms with Gasteiger partial charge >= 0.3 is 0 Å². The van der Waals surface area contributed by atoms with Crippen LogP contribution < -0.4 is 15.1 Å². The van der Waals surface area contributed by atoms with Crippen LogP contribution >= 0.6 is 0 Å². The summed E-state index contributed by atoms with van der Waals surface area (Å²) in [4.78, 5) is 16.0. The minimum Gasteiger partial charge on any atom is -0.369 e. The number of aryl methyl sites for hydroxylation is 1. The van der Waals surface area contributed by atoms with Gasteiger partial charge in [0, 0.05) is 56.4 Å². The smallest absolute Gasteiger partial charge is 0.138 e. The van der Waals surface area contributed by atoms with Crippen molar-refractivity contribution in [3.8, 4) is 0 Å². The summed E-state index contributed by atoms with van der Waals surface area (Å²) >= 11 is 0. The maximum absolute atomic E-state index is 4.60. The van der Waals surface area contributed by atoms with E-state index >= 15 is 0 Å². The van der Waals surface area contributed by atoms with Crippen LogP contribution in [0, 0.1) is 6.92 Å². The number of likely N-dealkylation sites (N-methyl/N-ethyl adjacent to an activating group) is 1. The van der Waals surface area contributed by atoms with Gasteiger partial charge in [0.05, 0.1) is 0 Å². The number of aromatic nitrogens is 2. The highest BCUT2D eigenvalue weighted by Crippen LogP contribution is 2.26. The zero-order valence-electron chi connectivity index (χ0n) is 17.3. The van der Waals surface area contributed by atoms with E-state index in [-0.39, 0.29) is 0 Å². The van der Waals surface area contributed by atoms with Crippen molar-refractivity contribution in [1.82, 2.24) is 14.9 Å². The van der Waals surface area contributed by atoms with Crippen LogP contribution in [0.25, 0.3) is 0 Å². The second-order valence-electron chi connectivity index (χ2n) is 7.52. The number of benzene rings is 2. The van der Waals surface area contributed by atoms with Crippen molar-refractivity contribution in [2.75, 3.05) is 55.4 Å². The molecule has 2 aromatic carbocycles. The quantitative estimate of drug-likeness (QED) is 0.712. The molecule has 1 fully saturated rings.